The molecule has 1 aliphatic rings. The third kappa shape index (κ3) is 3.27. The molecule has 28 heavy (non-hydrogen) atoms. The highest BCUT2D eigenvalue weighted by molar-refractivity contribution is 5.83. The normalized spacial score (nSPS) is 24.7. The number of rotatable bonds is 5. The van der Waals surface area contributed by atoms with E-state index in [1.54, 1.807) is 0 Å². The van der Waals surface area contributed by atoms with E-state index in [-0.39, 0.29) is 5.82 Å². The Morgan fingerprint density at radius 3 is 2.79 bits per heavy atom. The Kier molecular flexibility index (Phi) is 4.85. The molecule has 1 aliphatic heterocycles. The van der Waals surface area contributed by atoms with Crippen LogP contribution in [0.25, 0.3) is 11.2 Å². The summed E-state index contributed by atoms with van der Waals surface area (Å²) in [4.78, 5) is 12.9. The number of nitrogen functional groups attached to an aromatic ring is 1. The van der Waals surface area contributed by atoms with Crippen molar-refractivity contribution in [2.45, 2.75) is 38.0 Å². The number of hydrogen-bond donors (Lipinski definition) is 5. The van der Waals surface area contributed by atoms with Gasteiger partial charge in [-0.2, -0.15) is 9.97 Å². The van der Waals surface area contributed by atoms with E-state index >= 15 is 0 Å². The number of nitrogens with zero attached hydrogens (tertiary/aromatic N) is 4. The van der Waals surface area contributed by atoms with E-state index in [1.807, 2.05) is 25.1 Å². The maximum atomic E-state index is 10.3. The maximum absolute atomic E-state index is 10.3. The lowest BCUT2D eigenvalue weighted by Gasteiger charge is -2.17. The smallest absolute Gasteiger partial charge is 0.227 e. The summed E-state index contributed by atoms with van der Waals surface area (Å²) < 4.78 is 7.04. The number of benzene rings is 1. The van der Waals surface area contributed by atoms with Gasteiger partial charge in [0.15, 0.2) is 17.7 Å². The summed E-state index contributed by atoms with van der Waals surface area (Å²) in [5.41, 5.74) is 8.95. The molecule has 0 bridgehead atoms. The summed E-state index contributed by atoms with van der Waals surface area (Å²) in [6.07, 6.45) is -2.88. The first-order valence-electron chi connectivity index (χ1n) is 8.90. The molecule has 4 atom stereocenters. The number of imidazole rings is 1. The van der Waals surface area contributed by atoms with E-state index in [0.29, 0.717) is 23.7 Å². The maximum Gasteiger partial charge on any atom is 0.227 e. The van der Waals surface area contributed by atoms with Gasteiger partial charge in [-0.3, -0.25) is 4.57 Å². The predicted molar refractivity (Wildman–Crippen MR) is 101 cm³/mol. The first kappa shape index (κ1) is 18.6. The number of nitrogens with two attached hydrogens (primary N) is 1. The number of ether oxygens (including phenoxy) is 1. The van der Waals surface area contributed by atoms with Crippen LogP contribution in [0.2, 0.25) is 0 Å². The highest BCUT2D eigenvalue weighted by Gasteiger charge is 2.44. The Balaban J connectivity index is 1.63. The largest absolute Gasteiger partial charge is 0.394 e. The fourth-order valence-corrected chi connectivity index (χ4v) is 3.32. The van der Waals surface area contributed by atoms with Crippen LogP contribution in [0.1, 0.15) is 17.4 Å². The number of aromatic nitrogens is 4. The number of aliphatic hydroxyl groups excluding tert-OH is 3. The van der Waals surface area contributed by atoms with Crippen molar-refractivity contribution in [3.63, 3.8) is 0 Å². The summed E-state index contributed by atoms with van der Waals surface area (Å²) in [5.74, 6) is 0.488. The number of fused-ring (bicyclic) bond motifs is 1. The Bertz CT molecular complexity index is 993. The summed E-state index contributed by atoms with van der Waals surface area (Å²) in [6, 6.07) is 8.04. The first-order chi connectivity index (χ1) is 13.5. The van der Waals surface area contributed by atoms with E-state index in [4.69, 9.17) is 10.5 Å². The topological polar surface area (TPSA) is 152 Å². The second kappa shape index (κ2) is 7.32. The van der Waals surface area contributed by atoms with Crippen LogP contribution < -0.4 is 11.1 Å². The highest BCUT2D eigenvalue weighted by atomic mass is 16.6. The van der Waals surface area contributed by atoms with E-state index in [0.717, 1.165) is 11.1 Å². The Morgan fingerprint density at radius 1 is 1.25 bits per heavy atom. The van der Waals surface area contributed by atoms with Crippen LogP contribution in [0.15, 0.2) is 30.6 Å². The van der Waals surface area contributed by atoms with Crippen molar-refractivity contribution < 1.29 is 20.1 Å². The summed E-state index contributed by atoms with van der Waals surface area (Å²) >= 11 is 0. The molecule has 148 valence electrons. The Hall–Kier alpha value is -2.79. The predicted octanol–water partition coefficient (Wildman–Crippen LogP) is -0.0595. The first-order valence-corrected chi connectivity index (χ1v) is 8.90. The van der Waals surface area contributed by atoms with Gasteiger partial charge < -0.3 is 31.1 Å². The van der Waals surface area contributed by atoms with Gasteiger partial charge in [-0.1, -0.05) is 29.8 Å². The van der Waals surface area contributed by atoms with Crippen molar-refractivity contribution in [1.82, 2.24) is 19.5 Å². The van der Waals surface area contributed by atoms with Crippen molar-refractivity contribution >= 4 is 22.9 Å². The van der Waals surface area contributed by atoms with E-state index < -0.39 is 31.1 Å². The molecule has 0 amide bonds. The molecule has 4 rings (SSSR count). The molecule has 1 aromatic carbocycles. The molecular formula is C18H22N6O4. The van der Waals surface area contributed by atoms with Crippen molar-refractivity contribution in [2.24, 2.45) is 0 Å². The third-order valence-electron chi connectivity index (χ3n) is 4.77. The van der Waals surface area contributed by atoms with Gasteiger partial charge in [-0.15, -0.1) is 0 Å². The molecule has 10 heteroatoms. The second-order valence-corrected chi connectivity index (χ2v) is 6.83. The Labute approximate surface area is 160 Å². The molecule has 0 spiro atoms. The molecule has 0 aliphatic carbocycles. The lowest BCUT2D eigenvalue weighted by atomic mass is 10.1. The van der Waals surface area contributed by atoms with Crippen LogP contribution in [-0.4, -0.2) is 59.8 Å². The second-order valence-electron chi connectivity index (χ2n) is 6.83. The fraction of sp³-hybridized carbons (Fsp3) is 0.389. The van der Waals surface area contributed by atoms with Gasteiger partial charge in [-0.25, -0.2) is 4.98 Å². The van der Waals surface area contributed by atoms with Crippen LogP contribution in [0.4, 0.5) is 11.8 Å². The summed E-state index contributed by atoms with van der Waals surface area (Å²) in [6.45, 7) is 2.11. The van der Waals surface area contributed by atoms with Crippen molar-refractivity contribution in [3.8, 4) is 0 Å². The number of nitrogens with one attached hydrogen (secondary N) is 1. The highest BCUT2D eigenvalue weighted by Crippen LogP contribution is 2.32. The lowest BCUT2D eigenvalue weighted by molar-refractivity contribution is -0.0511. The monoisotopic (exact) mass is 386 g/mol. The molecule has 3 aromatic rings. The van der Waals surface area contributed by atoms with Crippen molar-refractivity contribution in [2.75, 3.05) is 17.7 Å². The van der Waals surface area contributed by atoms with E-state index in [9.17, 15) is 15.3 Å². The lowest BCUT2D eigenvalue weighted by Crippen LogP contribution is -2.33. The van der Waals surface area contributed by atoms with Crippen LogP contribution in [-0.2, 0) is 11.3 Å². The number of hydrogen-bond acceptors (Lipinski definition) is 9. The van der Waals surface area contributed by atoms with Crippen molar-refractivity contribution in [1.29, 1.82) is 0 Å². The van der Waals surface area contributed by atoms with Gasteiger partial charge in [0.2, 0.25) is 5.95 Å². The van der Waals surface area contributed by atoms with Gasteiger partial charge in [0, 0.05) is 6.54 Å². The molecule has 0 radical (unpaired) electrons. The van der Waals surface area contributed by atoms with Gasteiger partial charge in [0.1, 0.15) is 23.8 Å². The van der Waals surface area contributed by atoms with Crippen LogP contribution >= 0.6 is 0 Å². The molecule has 0 unspecified atom stereocenters. The minimum Gasteiger partial charge on any atom is -0.394 e. The fourth-order valence-electron chi connectivity index (χ4n) is 3.32. The van der Waals surface area contributed by atoms with Gasteiger partial charge in [-0.05, 0) is 12.5 Å². The molecule has 1 fully saturated rings. The van der Waals surface area contributed by atoms with Crippen LogP contribution in [0.3, 0.4) is 0 Å². The SMILES string of the molecule is Cc1cccc(CNc2nc(N)c3ncn([C@@H]4O[C@H](CO)[C@@H](O)[C@H]4O)c3n2)c1. The molecule has 6 N–H and O–H groups in total. The summed E-state index contributed by atoms with van der Waals surface area (Å²) in [7, 11) is 0. The zero-order valence-corrected chi connectivity index (χ0v) is 15.2. The van der Waals surface area contributed by atoms with Gasteiger partial charge in [0.25, 0.3) is 0 Å². The molecule has 0 saturated carbocycles. The summed E-state index contributed by atoms with van der Waals surface area (Å²) in [5, 5.41) is 32.7. The molecule has 3 heterocycles. The van der Waals surface area contributed by atoms with Crippen molar-refractivity contribution in [3.05, 3.63) is 41.7 Å². The Morgan fingerprint density at radius 2 is 2.07 bits per heavy atom. The minimum atomic E-state index is -1.24. The van der Waals surface area contributed by atoms with Gasteiger partial charge in [0.05, 0.1) is 12.9 Å². The van der Waals surface area contributed by atoms with E-state index in [1.165, 1.54) is 10.9 Å². The van der Waals surface area contributed by atoms with Crippen LogP contribution in [0, 0.1) is 6.92 Å². The molecule has 1 saturated heterocycles. The molecular weight excluding hydrogens is 364 g/mol. The number of anilines is 2. The van der Waals surface area contributed by atoms with E-state index in [2.05, 4.69) is 26.3 Å². The number of aliphatic hydroxyl groups is 3. The third-order valence-corrected chi connectivity index (χ3v) is 4.77. The minimum absolute atomic E-state index is 0.183. The average molecular weight is 386 g/mol. The zero-order chi connectivity index (χ0) is 19.8. The molecule has 10 nitrogen and oxygen atoms in total. The number of aryl methyl sites for hydroxylation is 1. The average Bonchev–Trinajstić information content (AvgIpc) is 3.22. The van der Waals surface area contributed by atoms with Crippen LogP contribution in [0.5, 0.6) is 0 Å². The molecule has 2 aromatic heterocycles. The zero-order valence-electron chi connectivity index (χ0n) is 15.2. The standard InChI is InChI=1S/C18H22N6O4/c1-9-3-2-4-10(5-9)6-20-18-22-15(19)12-16(23-18)24(8-21-12)17-14(27)13(26)11(7-25)28-17/h2-5,8,11,13-14,17,25-27H,6-7H2,1H3,(H3,19,20,22,23)/t11-,13-,14-,17-/m1/s1. The quantitative estimate of drug-likeness (QED) is 0.406. The van der Waals surface area contributed by atoms with Gasteiger partial charge >= 0.3 is 0 Å².